The number of piperazine rings is 1. The van der Waals surface area contributed by atoms with Crippen LogP contribution in [-0.4, -0.2) is 48.7 Å². The molecule has 0 radical (unpaired) electrons. The van der Waals surface area contributed by atoms with Gasteiger partial charge in [0.1, 0.15) is 12.3 Å². The molecule has 0 aliphatic carbocycles. The van der Waals surface area contributed by atoms with E-state index >= 15 is 0 Å². The van der Waals surface area contributed by atoms with Gasteiger partial charge in [-0.3, -0.25) is 4.79 Å². The number of nitrogens with zero attached hydrogens (tertiary/aromatic N) is 3. The number of carbonyl (C=O) groups is 1. The average Bonchev–Trinajstić information content (AvgIpc) is 3.38. The largest absolute Gasteiger partial charge is 0.495 e. The normalized spacial score (nSPS) is 14.3. The zero-order valence-electron chi connectivity index (χ0n) is 16.9. The smallest absolute Gasteiger partial charge is 0.242 e. The molecule has 4 rings (SSSR count). The van der Waals surface area contributed by atoms with E-state index in [1.54, 1.807) is 18.4 Å². The Labute approximate surface area is 190 Å². The maximum Gasteiger partial charge on any atom is 0.242 e. The van der Waals surface area contributed by atoms with Gasteiger partial charge in [-0.25, -0.2) is 0 Å². The van der Waals surface area contributed by atoms with Crippen molar-refractivity contribution in [3.05, 3.63) is 57.6 Å². The SMILES string of the molecule is COc1cc(N2CCN(C(=O)Cn3cc(-c4cccs4)c(Cl)c3C)CC2)ccc1Cl. The summed E-state index contributed by atoms with van der Waals surface area (Å²) in [6.07, 6.45) is 1.98. The summed E-state index contributed by atoms with van der Waals surface area (Å²) in [5, 5.41) is 3.34. The Bertz CT molecular complexity index is 1040. The molecular weight excluding hydrogens is 441 g/mol. The summed E-state index contributed by atoms with van der Waals surface area (Å²) in [7, 11) is 1.61. The number of hydrogen-bond acceptors (Lipinski definition) is 4. The third-order valence-electron chi connectivity index (χ3n) is 5.49. The van der Waals surface area contributed by atoms with E-state index in [1.807, 2.05) is 58.3 Å². The number of thiophene rings is 1. The highest BCUT2D eigenvalue weighted by molar-refractivity contribution is 7.13. The Kier molecular flexibility index (Phi) is 6.27. The number of benzene rings is 1. The van der Waals surface area contributed by atoms with Crippen molar-refractivity contribution in [2.75, 3.05) is 38.2 Å². The highest BCUT2D eigenvalue weighted by atomic mass is 35.5. The second-order valence-electron chi connectivity index (χ2n) is 7.23. The number of hydrogen-bond donors (Lipinski definition) is 0. The molecule has 8 heteroatoms. The van der Waals surface area contributed by atoms with Crippen molar-refractivity contribution in [1.82, 2.24) is 9.47 Å². The lowest BCUT2D eigenvalue weighted by Gasteiger charge is -2.36. The van der Waals surface area contributed by atoms with Crippen LogP contribution >= 0.6 is 34.5 Å². The number of halogens is 2. The molecular formula is C22H23Cl2N3O2S. The van der Waals surface area contributed by atoms with Crippen LogP contribution < -0.4 is 9.64 Å². The zero-order valence-corrected chi connectivity index (χ0v) is 19.2. The van der Waals surface area contributed by atoms with Gasteiger partial charge in [0.15, 0.2) is 0 Å². The van der Waals surface area contributed by atoms with Crippen molar-refractivity contribution in [3.63, 3.8) is 0 Å². The van der Waals surface area contributed by atoms with Gasteiger partial charge >= 0.3 is 0 Å². The summed E-state index contributed by atoms with van der Waals surface area (Å²) in [6, 6.07) is 9.82. The molecule has 0 spiro atoms. The lowest BCUT2D eigenvalue weighted by Crippen LogP contribution is -2.49. The topological polar surface area (TPSA) is 37.7 Å². The Morgan fingerprint density at radius 3 is 2.60 bits per heavy atom. The van der Waals surface area contributed by atoms with Gasteiger partial charge in [-0.15, -0.1) is 11.3 Å². The summed E-state index contributed by atoms with van der Waals surface area (Å²) in [6.45, 7) is 5.14. The van der Waals surface area contributed by atoms with E-state index < -0.39 is 0 Å². The van der Waals surface area contributed by atoms with Crippen molar-refractivity contribution in [3.8, 4) is 16.2 Å². The first-order valence-corrected chi connectivity index (χ1v) is 11.4. The number of anilines is 1. The van der Waals surface area contributed by atoms with Gasteiger partial charge in [-0.05, 0) is 30.5 Å². The molecule has 1 saturated heterocycles. The molecule has 0 N–H and O–H groups in total. The molecule has 158 valence electrons. The fourth-order valence-corrected chi connectivity index (χ4v) is 4.96. The number of aromatic nitrogens is 1. The zero-order chi connectivity index (χ0) is 21.3. The van der Waals surface area contributed by atoms with Crippen molar-refractivity contribution in [1.29, 1.82) is 0 Å². The molecule has 0 bridgehead atoms. The number of methoxy groups -OCH3 is 1. The highest BCUT2D eigenvalue weighted by Gasteiger charge is 2.23. The molecule has 3 heterocycles. The Hall–Kier alpha value is -2.15. The van der Waals surface area contributed by atoms with Crippen LogP contribution in [-0.2, 0) is 11.3 Å². The molecule has 30 heavy (non-hydrogen) atoms. The molecule has 1 aliphatic rings. The first kappa shape index (κ1) is 21.1. The minimum absolute atomic E-state index is 0.107. The predicted molar refractivity (Wildman–Crippen MR) is 124 cm³/mol. The monoisotopic (exact) mass is 463 g/mol. The van der Waals surface area contributed by atoms with Crippen LogP contribution in [0.25, 0.3) is 10.4 Å². The number of amides is 1. The van der Waals surface area contributed by atoms with E-state index in [4.69, 9.17) is 27.9 Å². The number of rotatable bonds is 5. The lowest BCUT2D eigenvalue weighted by atomic mass is 10.2. The predicted octanol–water partition coefficient (Wildman–Crippen LogP) is 5.19. The molecule has 3 aromatic rings. The fraction of sp³-hybridized carbons (Fsp3) is 0.318. The number of ether oxygens (including phenoxy) is 1. The van der Waals surface area contributed by atoms with E-state index in [1.165, 1.54) is 0 Å². The minimum atomic E-state index is 0.107. The maximum atomic E-state index is 12.9. The van der Waals surface area contributed by atoms with Gasteiger partial charge in [0.2, 0.25) is 5.91 Å². The van der Waals surface area contributed by atoms with E-state index in [0.717, 1.165) is 34.9 Å². The summed E-state index contributed by atoms with van der Waals surface area (Å²) in [5.41, 5.74) is 2.95. The van der Waals surface area contributed by atoms with Gasteiger partial charge in [0.25, 0.3) is 0 Å². The van der Waals surface area contributed by atoms with Crippen LogP contribution in [0.1, 0.15) is 5.69 Å². The molecule has 0 atom stereocenters. The highest BCUT2D eigenvalue weighted by Crippen LogP contribution is 2.35. The standard InChI is InChI=1S/C22H23Cl2N3O2S/c1-15-22(24)17(20-4-3-11-30-20)13-27(15)14-21(28)26-9-7-25(8-10-26)16-5-6-18(23)19(12-16)29-2/h3-6,11-13H,7-10,14H2,1-2H3. The van der Waals surface area contributed by atoms with Crippen molar-refractivity contribution >= 4 is 46.1 Å². The summed E-state index contributed by atoms with van der Waals surface area (Å²) in [5.74, 6) is 0.769. The quantitative estimate of drug-likeness (QED) is 0.522. The molecule has 0 saturated carbocycles. The van der Waals surface area contributed by atoms with Crippen LogP contribution in [0.4, 0.5) is 5.69 Å². The molecule has 2 aromatic heterocycles. The fourth-order valence-electron chi connectivity index (χ4n) is 3.70. The van der Waals surface area contributed by atoms with Crippen molar-refractivity contribution in [2.24, 2.45) is 0 Å². The van der Waals surface area contributed by atoms with E-state index in [9.17, 15) is 4.79 Å². The van der Waals surface area contributed by atoms with Crippen LogP contribution in [0.2, 0.25) is 10.0 Å². The first-order valence-electron chi connectivity index (χ1n) is 9.73. The van der Waals surface area contributed by atoms with Gasteiger partial charge < -0.3 is 19.1 Å². The summed E-state index contributed by atoms with van der Waals surface area (Å²) >= 11 is 14.3. The van der Waals surface area contributed by atoms with E-state index in [0.29, 0.717) is 35.4 Å². The van der Waals surface area contributed by atoms with Crippen LogP contribution in [0.5, 0.6) is 5.75 Å². The third-order valence-corrected chi connectivity index (χ3v) is 7.19. The van der Waals surface area contributed by atoms with Crippen molar-refractivity contribution in [2.45, 2.75) is 13.5 Å². The van der Waals surface area contributed by atoms with Gasteiger partial charge in [0.05, 0.1) is 17.2 Å². The van der Waals surface area contributed by atoms with Gasteiger partial charge in [-0.2, -0.15) is 0 Å². The third kappa shape index (κ3) is 4.17. The van der Waals surface area contributed by atoms with E-state index in [2.05, 4.69) is 4.90 Å². The van der Waals surface area contributed by atoms with E-state index in [-0.39, 0.29) is 5.91 Å². The Balaban J connectivity index is 1.40. The lowest BCUT2D eigenvalue weighted by molar-refractivity contribution is -0.132. The maximum absolute atomic E-state index is 12.9. The van der Waals surface area contributed by atoms with Crippen LogP contribution in [0.3, 0.4) is 0 Å². The van der Waals surface area contributed by atoms with Gasteiger partial charge in [-0.1, -0.05) is 29.3 Å². The average molecular weight is 464 g/mol. The summed E-state index contributed by atoms with van der Waals surface area (Å²) < 4.78 is 7.27. The Morgan fingerprint density at radius 2 is 1.93 bits per heavy atom. The van der Waals surface area contributed by atoms with Crippen molar-refractivity contribution < 1.29 is 9.53 Å². The Morgan fingerprint density at radius 1 is 1.17 bits per heavy atom. The minimum Gasteiger partial charge on any atom is -0.495 e. The van der Waals surface area contributed by atoms with Crippen LogP contribution in [0, 0.1) is 6.92 Å². The van der Waals surface area contributed by atoms with Crippen LogP contribution in [0.15, 0.2) is 41.9 Å². The number of carbonyl (C=O) groups excluding carboxylic acids is 1. The molecule has 1 aromatic carbocycles. The molecule has 1 fully saturated rings. The summed E-state index contributed by atoms with van der Waals surface area (Å²) in [4.78, 5) is 18.2. The molecule has 1 amide bonds. The molecule has 0 unspecified atom stereocenters. The second-order valence-corrected chi connectivity index (χ2v) is 8.97. The first-order chi connectivity index (χ1) is 14.5. The molecule has 5 nitrogen and oxygen atoms in total. The van der Waals surface area contributed by atoms with Gasteiger partial charge in [0, 0.05) is 60.3 Å². The second kappa shape index (κ2) is 8.92. The molecule has 1 aliphatic heterocycles.